The topological polar surface area (TPSA) is 54.6 Å². The second-order valence-electron chi connectivity index (χ2n) is 3.77. The van der Waals surface area contributed by atoms with Gasteiger partial charge in [0.15, 0.2) is 0 Å². The van der Waals surface area contributed by atoms with Gasteiger partial charge in [-0.1, -0.05) is 13.8 Å². The van der Waals surface area contributed by atoms with E-state index in [1.165, 1.54) is 6.20 Å². The Morgan fingerprint density at radius 1 is 1.53 bits per heavy atom. The number of carboxylic acid groups (broad SMARTS) is 1. The minimum atomic E-state index is -0.921. The Hall–Kier alpha value is -1.84. The molecule has 2 aromatic rings. The maximum absolute atomic E-state index is 11.0. The van der Waals surface area contributed by atoms with E-state index >= 15 is 0 Å². The SMILES string of the molecule is CC(C)c1c(C(=O)O)cnn2cccc12. The van der Waals surface area contributed by atoms with Crippen molar-refractivity contribution in [2.45, 2.75) is 19.8 Å². The molecule has 1 N–H and O–H groups in total. The van der Waals surface area contributed by atoms with E-state index in [-0.39, 0.29) is 11.5 Å². The van der Waals surface area contributed by atoms with E-state index in [4.69, 9.17) is 5.11 Å². The van der Waals surface area contributed by atoms with Gasteiger partial charge in [0, 0.05) is 6.20 Å². The average molecular weight is 204 g/mol. The van der Waals surface area contributed by atoms with Crippen molar-refractivity contribution in [3.63, 3.8) is 0 Å². The third-order valence-electron chi connectivity index (χ3n) is 2.41. The molecule has 0 aliphatic heterocycles. The van der Waals surface area contributed by atoms with Gasteiger partial charge in [0.05, 0.1) is 17.3 Å². The first-order chi connectivity index (χ1) is 7.11. The Morgan fingerprint density at radius 2 is 2.27 bits per heavy atom. The molecule has 0 bridgehead atoms. The van der Waals surface area contributed by atoms with Crippen LogP contribution < -0.4 is 0 Å². The molecule has 2 heterocycles. The van der Waals surface area contributed by atoms with Crippen LogP contribution in [0.2, 0.25) is 0 Å². The third kappa shape index (κ3) is 1.48. The lowest BCUT2D eigenvalue weighted by Gasteiger charge is -2.11. The van der Waals surface area contributed by atoms with Crippen molar-refractivity contribution in [3.05, 3.63) is 35.7 Å². The highest BCUT2D eigenvalue weighted by Crippen LogP contribution is 2.24. The summed E-state index contributed by atoms with van der Waals surface area (Å²) < 4.78 is 1.70. The number of carbonyl (C=O) groups is 1. The summed E-state index contributed by atoms with van der Waals surface area (Å²) in [5.74, 6) is -0.758. The molecule has 0 atom stereocenters. The summed E-state index contributed by atoms with van der Waals surface area (Å²) in [5, 5.41) is 13.1. The van der Waals surface area contributed by atoms with Gasteiger partial charge in [-0.3, -0.25) is 0 Å². The maximum atomic E-state index is 11.0. The molecule has 15 heavy (non-hydrogen) atoms. The number of rotatable bonds is 2. The Kier molecular flexibility index (Phi) is 2.19. The highest BCUT2D eigenvalue weighted by Gasteiger charge is 2.16. The molecule has 78 valence electrons. The fourth-order valence-electron chi connectivity index (χ4n) is 1.79. The predicted molar refractivity (Wildman–Crippen MR) is 56.2 cm³/mol. The molecular weight excluding hydrogens is 192 g/mol. The molecule has 4 heteroatoms. The van der Waals surface area contributed by atoms with Crippen LogP contribution in [0.25, 0.3) is 5.52 Å². The van der Waals surface area contributed by atoms with E-state index in [1.54, 1.807) is 4.52 Å². The minimum Gasteiger partial charge on any atom is -0.478 e. The number of aromatic nitrogens is 2. The van der Waals surface area contributed by atoms with Gasteiger partial charge in [-0.15, -0.1) is 0 Å². The van der Waals surface area contributed by atoms with Gasteiger partial charge in [0.25, 0.3) is 0 Å². The summed E-state index contributed by atoms with van der Waals surface area (Å²) in [5.41, 5.74) is 1.99. The molecule has 2 rings (SSSR count). The Bertz CT molecular complexity index is 514. The molecule has 0 aliphatic carbocycles. The number of hydrogen-bond acceptors (Lipinski definition) is 2. The quantitative estimate of drug-likeness (QED) is 0.815. The summed E-state index contributed by atoms with van der Waals surface area (Å²) in [6, 6.07) is 3.74. The highest BCUT2D eigenvalue weighted by atomic mass is 16.4. The fourth-order valence-corrected chi connectivity index (χ4v) is 1.79. The number of fused-ring (bicyclic) bond motifs is 1. The van der Waals surface area contributed by atoms with Crippen molar-refractivity contribution >= 4 is 11.5 Å². The number of aromatic carboxylic acids is 1. The van der Waals surface area contributed by atoms with Crippen LogP contribution in [0.15, 0.2) is 24.5 Å². The highest BCUT2D eigenvalue weighted by molar-refractivity contribution is 5.91. The van der Waals surface area contributed by atoms with Gasteiger partial charge in [-0.25, -0.2) is 9.31 Å². The monoisotopic (exact) mass is 204 g/mol. The molecular formula is C11H12N2O2. The lowest BCUT2D eigenvalue weighted by Crippen LogP contribution is -2.08. The first kappa shape index (κ1) is 9.71. The van der Waals surface area contributed by atoms with Crippen molar-refractivity contribution in [2.75, 3.05) is 0 Å². The van der Waals surface area contributed by atoms with Gasteiger partial charge in [-0.05, 0) is 23.6 Å². The normalized spacial score (nSPS) is 11.1. The average Bonchev–Trinajstić information content (AvgIpc) is 2.62. The molecule has 0 amide bonds. The van der Waals surface area contributed by atoms with E-state index in [2.05, 4.69) is 5.10 Å². The maximum Gasteiger partial charge on any atom is 0.337 e. The summed E-state index contributed by atoms with van der Waals surface area (Å²) >= 11 is 0. The van der Waals surface area contributed by atoms with Gasteiger partial charge in [0.2, 0.25) is 0 Å². The van der Waals surface area contributed by atoms with Crippen LogP contribution in [0.5, 0.6) is 0 Å². The second-order valence-corrected chi connectivity index (χ2v) is 3.77. The molecule has 0 radical (unpaired) electrons. The molecule has 2 aromatic heterocycles. The van der Waals surface area contributed by atoms with Crippen LogP contribution in [0.1, 0.15) is 35.7 Å². The number of carboxylic acids is 1. The zero-order chi connectivity index (χ0) is 11.0. The fraction of sp³-hybridized carbons (Fsp3) is 0.273. The van der Waals surface area contributed by atoms with Crippen molar-refractivity contribution in [2.24, 2.45) is 0 Å². The van der Waals surface area contributed by atoms with Crippen LogP contribution in [-0.4, -0.2) is 20.7 Å². The van der Waals surface area contributed by atoms with Crippen LogP contribution >= 0.6 is 0 Å². The van der Waals surface area contributed by atoms with E-state index in [9.17, 15) is 4.79 Å². The summed E-state index contributed by atoms with van der Waals surface area (Å²) in [7, 11) is 0. The molecule has 0 aromatic carbocycles. The summed E-state index contributed by atoms with van der Waals surface area (Å²) in [6.45, 7) is 3.96. The molecule has 0 unspecified atom stereocenters. The zero-order valence-corrected chi connectivity index (χ0v) is 8.64. The minimum absolute atomic E-state index is 0.163. The van der Waals surface area contributed by atoms with E-state index < -0.39 is 5.97 Å². The number of hydrogen-bond donors (Lipinski definition) is 1. The van der Waals surface area contributed by atoms with E-state index in [0.717, 1.165) is 11.1 Å². The van der Waals surface area contributed by atoms with Crippen LogP contribution in [0.4, 0.5) is 0 Å². The molecule has 0 aliphatic rings. The smallest absolute Gasteiger partial charge is 0.337 e. The van der Waals surface area contributed by atoms with Crippen molar-refractivity contribution < 1.29 is 9.90 Å². The van der Waals surface area contributed by atoms with E-state index in [0.29, 0.717) is 0 Å². The van der Waals surface area contributed by atoms with Crippen molar-refractivity contribution in [1.82, 2.24) is 9.61 Å². The first-order valence-electron chi connectivity index (χ1n) is 4.81. The molecule has 4 nitrogen and oxygen atoms in total. The van der Waals surface area contributed by atoms with Crippen LogP contribution in [0, 0.1) is 0 Å². The summed E-state index contributed by atoms with van der Waals surface area (Å²) in [4.78, 5) is 11.0. The Balaban J connectivity index is 2.81. The lowest BCUT2D eigenvalue weighted by atomic mass is 9.98. The van der Waals surface area contributed by atoms with Crippen LogP contribution in [-0.2, 0) is 0 Å². The van der Waals surface area contributed by atoms with Gasteiger partial charge >= 0.3 is 5.97 Å². The summed E-state index contributed by atoms with van der Waals surface area (Å²) in [6.07, 6.45) is 3.22. The predicted octanol–water partition coefficient (Wildman–Crippen LogP) is 2.16. The molecule has 0 spiro atoms. The van der Waals surface area contributed by atoms with Crippen molar-refractivity contribution in [3.8, 4) is 0 Å². The van der Waals surface area contributed by atoms with Gasteiger partial charge in [-0.2, -0.15) is 5.10 Å². The molecule has 0 fully saturated rings. The largest absolute Gasteiger partial charge is 0.478 e. The zero-order valence-electron chi connectivity index (χ0n) is 8.64. The van der Waals surface area contributed by atoms with Gasteiger partial charge < -0.3 is 5.11 Å². The molecule has 0 saturated heterocycles. The standard InChI is InChI=1S/C11H12N2O2/c1-7(2)10-8(11(14)15)6-12-13-5-3-4-9(10)13/h3-7H,1-2H3,(H,14,15). The van der Waals surface area contributed by atoms with Gasteiger partial charge in [0.1, 0.15) is 0 Å². The Morgan fingerprint density at radius 3 is 2.87 bits per heavy atom. The first-order valence-corrected chi connectivity index (χ1v) is 4.81. The third-order valence-corrected chi connectivity index (χ3v) is 2.41. The second kappa shape index (κ2) is 3.38. The Labute approximate surface area is 87.2 Å². The van der Waals surface area contributed by atoms with Crippen LogP contribution in [0.3, 0.4) is 0 Å². The number of nitrogens with zero attached hydrogens (tertiary/aromatic N) is 2. The molecule has 0 saturated carbocycles. The lowest BCUT2D eigenvalue weighted by molar-refractivity contribution is 0.0694. The van der Waals surface area contributed by atoms with Crippen molar-refractivity contribution in [1.29, 1.82) is 0 Å². The van der Waals surface area contributed by atoms with E-state index in [1.807, 2.05) is 32.2 Å².